The first kappa shape index (κ1) is 15.0. The topological polar surface area (TPSA) is 21.3 Å². The molecular formula is C13H19BrClNO. The first-order valence-electron chi connectivity index (χ1n) is 5.95. The van der Waals surface area contributed by atoms with Crippen molar-refractivity contribution in [3.8, 4) is 0 Å². The SMILES string of the molecule is CCNC(CCOCC)c1c(Cl)cccc1Br. The molecule has 0 spiro atoms. The monoisotopic (exact) mass is 319 g/mol. The lowest BCUT2D eigenvalue weighted by Crippen LogP contribution is -2.23. The van der Waals surface area contributed by atoms with Gasteiger partial charge in [0.15, 0.2) is 0 Å². The van der Waals surface area contributed by atoms with Crippen LogP contribution in [-0.4, -0.2) is 19.8 Å². The number of hydrogen-bond donors (Lipinski definition) is 1. The van der Waals surface area contributed by atoms with Gasteiger partial charge in [-0.1, -0.05) is 40.5 Å². The molecule has 1 N–H and O–H groups in total. The minimum Gasteiger partial charge on any atom is -0.382 e. The number of ether oxygens (including phenoxy) is 1. The van der Waals surface area contributed by atoms with Crippen LogP contribution in [0.25, 0.3) is 0 Å². The van der Waals surface area contributed by atoms with Crippen LogP contribution in [0.1, 0.15) is 31.9 Å². The van der Waals surface area contributed by atoms with Gasteiger partial charge in [0.05, 0.1) is 0 Å². The first-order valence-corrected chi connectivity index (χ1v) is 7.12. The average molecular weight is 321 g/mol. The van der Waals surface area contributed by atoms with E-state index in [9.17, 15) is 0 Å². The second-order valence-corrected chi connectivity index (χ2v) is 4.99. The molecule has 0 aliphatic carbocycles. The third-order valence-electron chi connectivity index (χ3n) is 2.55. The van der Waals surface area contributed by atoms with Crippen LogP contribution in [0.5, 0.6) is 0 Å². The van der Waals surface area contributed by atoms with E-state index < -0.39 is 0 Å². The molecule has 0 heterocycles. The van der Waals surface area contributed by atoms with Crippen molar-refractivity contribution in [2.24, 2.45) is 0 Å². The van der Waals surface area contributed by atoms with E-state index in [4.69, 9.17) is 16.3 Å². The Kier molecular flexibility index (Phi) is 7.12. The maximum Gasteiger partial charge on any atom is 0.0484 e. The molecule has 0 saturated heterocycles. The van der Waals surface area contributed by atoms with Crippen LogP contribution in [-0.2, 0) is 4.74 Å². The molecule has 1 aromatic rings. The predicted molar refractivity (Wildman–Crippen MR) is 76.7 cm³/mol. The van der Waals surface area contributed by atoms with Crippen molar-refractivity contribution >= 4 is 27.5 Å². The van der Waals surface area contributed by atoms with E-state index in [1.54, 1.807) is 0 Å². The number of rotatable bonds is 7. The van der Waals surface area contributed by atoms with Crippen LogP contribution in [0.15, 0.2) is 22.7 Å². The van der Waals surface area contributed by atoms with E-state index in [1.165, 1.54) is 0 Å². The Hall–Kier alpha value is -0.0900. The Morgan fingerprint density at radius 1 is 1.41 bits per heavy atom. The van der Waals surface area contributed by atoms with Crippen LogP contribution in [0.3, 0.4) is 0 Å². The largest absolute Gasteiger partial charge is 0.382 e. The number of halogens is 2. The number of hydrogen-bond acceptors (Lipinski definition) is 2. The Morgan fingerprint density at radius 3 is 2.76 bits per heavy atom. The van der Waals surface area contributed by atoms with Crippen molar-refractivity contribution in [1.29, 1.82) is 0 Å². The molecule has 17 heavy (non-hydrogen) atoms. The van der Waals surface area contributed by atoms with E-state index in [-0.39, 0.29) is 6.04 Å². The summed E-state index contributed by atoms with van der Waals surface area (Å²) in [7, 11) is 0. The summed E-state index contributed by atoms with van der Waals surface area (Å²) >= 11 is 9.82. The molecule has 1 unspecified atom stereocenters. The van der Waals surface area contributed by atoms with Crippen molar-refractivity contribution in [3.63, 3.8) is 0 Å². The van der Waals surface area contributed by atoms with E-state index in [0.717, 1.165) is 41.2 Å². The maximum absolute atomic E-state index is 6.26. The molecule has 96 valence electrons. The van der Waals surface area contributed by atoms with Gasteiger partial charge in [-0.15, -0.1) is 0 Å². The molecule has 1 atom stereocenters. The van der Waals surface area contributed by atoms with Crippen LogP contribution >= 0.6 is 27.5 Å². The lowest BCUT2D eigenvalue weighted by molar-refractivity contribution is 0.136. The predicted octanol–water partition coefficient (Wildman–Crippen LogP) is 4.18. The van der Waals surface area contributed by atoms with E-state index in [1.807, 2.05) is 25.1 Å². The lowest BCUT2D eigenvalue weighted by Gasteiger charge is -2.20. The fourth-order valence-electron chi connectivity index (χ4n) is 1.78. The Morgan fingerprint density at radius 2 is 2.18 bits per heavy atom. The van der Waals surface area contributed by atoms with Crippen molar-refractivity contribution in [1.82, 2.24) is 5.32 Å². The van der Waals surface area contributed by atoms with Gasteiger partial charge in [-0.25, -0.2) is 0 Å². The van der Waals surface area contributed by atoms with Gasteiger partial charge >= 0.3 is 0 Å². The molecule has 1 aromatic carbocycles. The molecule has 0 amide bonds. The Balaban J connectivity index is 2.81. The van der Waals surface area contributed by atoms with Crippen molar-refractivity contribution in [3.05, 3.63) is 33.3 Å². The molecule has 2 nitrogen and oxygen atoms in total. The fourth-order valence-corrected chi connectivity index (χ4v) is 2.85. The van der Waals surface area contributed by atoms with Gasteiger partial charge in [-0.05, 0) is 32.0 Å². The zero-order chi connectivity index (χ0) is 12.7. The molecular weight excluding hydrogens is 302 g/mol. The first-order chi connectivity index (χ1) is 8.20. The van der Waals surface area contributed by atoms with Crippen molar-refractivity contribution in [2.75, 3.05) is 19.8 Å². The molecule has 0 bridgehead atoms. The summed E-state index contributed by atoms with van der Waals surface area (Å²) in [6.45, 7) is 6.51. The minimum atomic E-state index is 0.231. The fraction of sp³-hybridized carbons (Fsp3) is 0.538. The van der Waals surface area contributed by atoms with Crippen LogP contribution in [0, 0.1) is 0 Å². The zero-order valence-electron chi connectivity index (χ0n) is 10.3. The summed E-state index contributed by atoms with van der Waals surface area (Å²) in [6, 6.07) is 6.12. The normalized spacial score (nSPS) is 12.7. The highest BCUT2D eigenvalue weighted by molar-refractivity contribution is 9.10. The van der Waals surface area contributed by atoms with Gasteiger partial charge in [0.25, 0.3) is 0 Å². The van der Waals surface area contributed by atoms with Crippen molar-refractivity contribution in [2.45, 2.75) is 26.3 Å². The quantitative estimate of drug-likeness (QED) is 0.761. The number of benzene rings is 1. The van der Waals surface area contributed by atoms with Gasteiger partial charge in [0.2, 0.25) is 0 Å². The highest BCUT2D eigenvalue weighted by Gasteiger charge is 2.16. The average Bonchev–Trinajstić information content (AvgIpc) is 2.29. The van der Waals surface area contributed by atoms with Crippen molar-refractivity contribution < 1.29 is 4.74 Å². The van der Waals surface area contributed by atoms with E-state index in [2.05, 4.69) is 28.2 Å². The Labute approximate surface area is 117 Å². The highest BCUT2D eigenvalue weighted by Crippen LogP contribution is 2.32. The number of nitrogens with one attached hydrogen (secondary N) is 1. The van der Waals surface area contributed by atoms with Crippen LogP contribution < -0.4 is 5.32 Å². The standard InChI is InChI=1S/C13H19BrClNO/c1-3-16-12(8-9-17-4-2)13-10(14)6-5-7-11(13)15/h5-7,12,16H,3-4,8-9H2,1-2H3. The minimum absolute atomic E-state index is 0.231. The third kappa shape index (κ3) is 4.59. The summed E-state index contributed by atoms with van der Waals surface area (Å²) < 4.78 is 6.46. The molecule has 0 radical (unpaired) electrons. The summed E-state index contributed by atoms with van der Waals surface area (Å²) in [5.41, 5.74) is 1.12. The summed E-state index contributed by atoms with van der Waals surface area (Å²) in [4.78, 5) is 0. The summed E-state index contributed by atoms with van der Waals surface area (Å²) in [6.07, 6.45) is 0.921. The van der Waals surface area contributed by atoms with Crippen LogP contribution in [0.2, 0.25) is 5.02 Å². The third-order valence-corrected chi connectivity index (χ3v) is 3.57. The molecule has 4 heteroatoms. The molecule has 0 aliphatic heterocycles. The highest BCUT2D eigenvalue weighted by atomic mass is 79.9. The van der Waals surface area contributed by atoms with Gasteiger partial charge in [-0.2, -0.15) is 0 Å². The molecule has 0 saturated carbocycles. The lowest BCUT2D eigenvalue weighted by atomic mass is 10.0. The van der Waals surface area contributed by atoms with E-state index >= 15 is 0 Å². The zero-order valence-corrected chi connectivity index (χ0v) is 12.6. The second kappa shape index (κ2) is 8.09. The molecule has 0 aromatic heterocycles. The van der Waals surface area contributed by atoms with Gasteiger partial charge in [-0.3, -0.25) is 0 Å². The van der Waals surface area contributed by atoms with Gasteiger partial charge < -0.3 is 10.1 Å². The maximum atomic E-state index is 6.26. The smallest absolute Gasteiger partial charge is 0.0484 e. The van der Waals surface area contributed by atoms with Crippen LogP contribution in [0.4, 0.5) is 0 Å². The molecule has 0 fully saturated rings. The molecule has 0 aliphatic rings. The summed E-state index contributed by atoms with van der Waals surface area (Å²) in [5, 5.41) is 4.24. The summed E-state index contributed by atoms with van der Waals surface area (Å²) in [5.74, 6) is 0. The van der Waals surface area contributed by atoms with E-state index in [0.29, 0.717) is 0 Å². The Bertz CT molecular complexity index is 326. The van der Waals surface area contributed by atoms with Gasteiger partial charge in [0.1, 0.15) is 0 Å². The molecule has 1 rings (SSSR count). The second-order valence-electron chi connectivity index (χ2n) is 3.73. The van der Waals surface area contributed by atoms with Gasteiger partial charge in [0, 0.05) is 34.3 Å².